The van der Waals surface area contributed by atoms with E-state index in [-0.39, 0.29) is 22.6 Å². The van der Waals surface area contributed by atoms with Crippen molar-refractivity contribution in [1.82, 2.24) is 10.3 Å². The Morgan fingerprint density at radius 1 is 1.15 bits per heavy atom. The summed E-state index contributed by atoms with van der Waals surface area (Å²) in [6.45, 7) is 8.47. The van der Waals surface area contributed by atoms with Crippen LogP contribution in [0, 0.1) is 19.7 Å². The zero-order valence-corrected chi connectivity index (χ0v) is 16.8. The number of H-pyrrole nitrogens is 1. The molecule has 0 spiro atoms. The van der Waals surface area contributed by atoms with Gasteiger partial charge in [-0.15, -0.1) is 0 Å². The number of aromatic nitrogens is 1. The number of carbonyl (C=O) groups is 2. The highest BCUT2D eigenvalue weighted by Gasteiger charge is 2.25. The van der Waals surface area contributed by atoms with Gasteiger partial charge in [0.2, 0.25) is 0 Å². The zero-order chi connectivity index (χ0) is 19.8. The normalized spacial score (nSPS) is 13.5. The molecule has 2 N–H and O–H groups in total. The maximum Gasteiger partial charge on any atom is 0.195 e. The molecule has 1 aromatic carbocycles. The van der Waals surface area contributed by atoms with Crippen molar-refractivity contribution >= 4 is 34.8 Å². The first-order chi connectivity index (χ1) is 12.0. The van der Waals surface area contributed by atoms with Gasteiger partial charge in [0, 0.05) is 22.3 Å². The Balaban J connectivity index is 2.24. The van der Waals surface area contributed by atoms with Crippen LogP contribution in [-0.4, -0.2) is 22.6 Å². The van der Waals surface area contributed by atoms with E-state index in [1.807, 2.05) is 0 Å². The summed E-state index contributed by atoms with van der Waals surface area (Å²) in [5.74, 6) is -0.844. The number of nitrogens with one attached hydrogen (secondary N) is 2. The molecule has 1 heterocycles. The van der Waals surface area contributed by atoms with Gasteiger partial charge in [-0.05, 0) is 57.9 Å². The molecular formula is C19H21Cl2FN2O2. The lowest BCUT2D eigenvalue weighted by atomic mass is 10.0. The van der Waals surface area contributed by atoms with Gasteiger partial charge in [0.15, 0.2) is 11.6 Å². The van der Waals surface area contributed by atoms with Crippen LogP contribution in [0.4, 0.5) is 4.39 Å². The lowest BCUT2D eigenvalue weighted by Gasteiger charge is -2.20. The van der Waals surface area contributed by atoms with Crippen molar-refractivity contribution < 1.29 is 14.0 Å². The van der Waals surface area contributed by atoms with E-state index in [9.17, 15) is 14.0 Å². The Bertz CT molecular complexity index is 877. The molecule has 140 valence electrons. The molecule has 2 rings (SSSR count). The summed E-state index contributed by atoms with van der Waals surface area (Å²) in [7, 11) is 0. The van der Waals surface area contributed by atoms with Crippen molar-refractivity contribution in [1.29, 1.82) is 0 Å². The average molecular weight is 399 g/mol. The maximum atomic E-state index is 13.7. The number of aryl methyl sites for hydroxylation is 1. The highest BCUT2D eigenvalue weighted by molar-refractivity contribution is 6.35. The second-order valence-corrected chi connectivity index (χ2v) is 7.26. The Labute approximate surface area is 162 Å². The van der Waals surface area contributed by atoms with Crippen LogP contribution >= 0.6 is 23.2 Å². The quantitative estimate of drug-likeness (QED) is 0.518. The molecule has 0 radical (unpaired) electrons. The van der Waals surface area contributed by atoms with Gasteiger partial charge in [-0.25, -0.2) is 4.39 Å². The molecule has 0 saturated heterocycles. The van der Waals surface area contributed by atoms with Crippen molar-refractivity contribution in [3.8, 4) is 0 Å². The molecule has 0 bridgehead atoms. The summed E-state index contributed by atoms with van der Waals surface area (Å²) in [6.07, 6.45) is 0. The van der Waals surface area contributed by atoms with E-state index < -0.39 is 11.9 Å². The first-order valence-electron chi connectivity index (χ1n) is 8.19. The van der Waals surface area contributed by atoms with E-state index in [4.69, 9.17) is 23.2 Å². The van der Waals surface area contributed by atoms with Gasteiger partial charge >= 0.3 is 0 Å². The number of benzene rings is 1. The van der Waals surface area contributed by atoms with Crippen molar-refractivity contribution in [2.75, 3.05) is 0 Å². The van der Waals surface area contributed by atoms with E-state index >= 15 is 0 Å². The third kappa shape index (κ3) is 4.00. The number of hydrogen-bond acceptors (Lipinski definition) is 3. The van der Waals surface area contributed by atoms with E-state index in [0.717, 1.165) is 0 Å². The fourth-order valence-electron chi connectivity index (χ4n) is 3.15. The van der Waals surface area contributed by atoms with Crippen molar-refractivity contribution in [3.05, 3.63) is 56.1 Å². The van der Waals surface area contributed by atoms with Gasteiger partial charge in [-0.3, -0.25) is 9.59 Å². The molecule has 0 unspecified atom stereocenters. The number of rotatable bonds is 6. The predicted molar refractivity (Wildman–Crippen MR) is 102 cm³/mol. The van der Waals surface area contributed by atoms with Crippen LogP contribution in [0.3, 0.4) is 0 Å². The Hall–Kier alpha value is -1.69. The molecule has 0 fully saturated rings. The largest absolute Gasteiger partial charge is 0.355 e. The molecule has 1 aromatic heterocycles. The Kier molecular flexibility index (Phi) is 6.27. The smallest absolute Gasteiger partial charge is 0.195 e. The fourth-order valence-corrected chi connectivity index (χ4v) is 3.70. The zero-order valence-electron chi connectivity index (χ0n) is 15.3. The predicted octanol–water partition coefficient (Wildman–Crippen LogP) is 5.20. The number of aromatic amines is 1. The highest BCUT2D eigenvalue weighted by Crippen LogP contribution is 2.29. The summed E-state index contributed by atoms with van der Waals surface area (Å²) in [5.41, 5.74) is 2.75. The van der Waals surface area contributed by atoms with Crippen LogP contribution in [0.25, 0.3) is 0 Å². The first-order valence-corrected chi connectivity index (χ1v) is 8.95. The van der Waals surface area contributed by atoms with E-state index in [0.29, 0.717) is 33.1 Å². The van der Waals surface area contributed by atoms with Crippen molar-refractivity contribution in [3.63, 3.8) is 0 Å². The van der Waals surface area contributed by atoms with Gasteiger partial charge in [0.25, 0.3) is 0 Å². The molecule has 0 amide bonds. The third-order valence-corrected chi connectivity index (χ3v) is 5.05. The molecule has 0 aliphatic rings. The lowest BCUT2D eigenvalue weighted by molar-refractivity contribution is 0.0940. The van der Waals surface area contributed by atoms with Crippen molar-refractivity contribution in [2.45, 2.75) is 46.7 Å². The fraction of sp³-hybridized carbons (Fsp3) is 0.368. The molecule has 4 nitrogen and oxygen atoms in total. The summed E-state index contributed by atoms with van der Waals surface area (Å²) in [6, 6.07) is 1.65. The molecule has 2 aromatic rings. The van der Waals surface area contributed by atoms with E-state index in [1.54, 1.807) is 27.7 Å². The first kappa shape index (κ1) is 20.6. The van der Waals surface area contributed by atoms with E-state index in [1.165, 1.54) is 19.1 Å². The van der Waals surface area contributed by atoms with Gasteiger partial charge < -0.3 is 10.3 Å². The van der Waals surface area contributed by atoms with Crippen LogP contribution < -0.4 is 5.32 Å². The molecule has 7 heteroatoms. The van der Waals surface area contributed by atoms with Gasteiger partial charge in [0.1, 0.15) is 5.82 Å². The SMILES string of the molecule is CC(=O)c1c(C)[nH]c(C(=O)[C@H](C)N[C@H](C)c2cc(F)c(Cl)cc2Cl)c1C. The number of carbonyl (C=O) groups excluding carboxylic acids is 2. The van der Waals surface area contributed by atoms with Gasteiger partial charge in [-0.1, -0.05) is 23.2 Å². The van der Waals surface area contributed by atoms with Gasteiger partial charge in [-0.2, -0.15) is 0 Å². The highest BCUT2D eigenvalue weighted by atomic mass is 35.5. The molecule has 2 atom stereocenters. The number of ketones is 2. The second-order valence-electron chi connectivity index (χ2n) is 6.44. The molecular weight excluding hydrogens is 378 g/mol. The second kappa shape index (κ2) is 7.91. The molecule has 26 heavy (non-hydrogen) atoms. The van der Waals surface area contributed by atoms with Crippen LogP contribution in [-0.2, 0) is 0 Å². The summed E-state index contributed by atoms with van der Waals surface area (Å²) in [5, 5.41) is 3.39. The summed E-state index contributed by atoms with van der Waals surface area (Å²) in [4.78, 5) is 27.5. The van der Waals surface area contributed by atoms with Crippen LogP contribution in [0.1, 0.15) is 64.5 Å². The summed E-state index contributed by atoms with van der Waals surface area (Å²) < 4.78 is 13.7. The maximum absolute atomic E-state index is 13.7. The van der Waals surface area contributed by atoms with Crippen LogP contribution in [0.2, 0.25) is 10.0 Å². The van der Waals surface area contributed by atoms with Gasteiger partial charge in [0.05, 0.1) is 16.8 Å². The lowest BCUT2D eigenvalue weighted by Crippen LogP contribution is -2.36. The summed E-state index contributed by atoms with van der Waals surface area (Å²) >= 11 is 11.9. The van der Waals surface area contributed by atoms with Crippen LogP contribution in [0.15, 0.2) is 12.1 Å². The number of hydrogen-bond donors (Lipinski definition) is 2. The minimum Gasteiger partial charge on any atom is -0.355 e. The minimum atomic E-state index is -0.573. The third-order valence-electron chi connectivity index (χ3n) is 4.44. The average Bonchev–Trinajstić information content (AvgIpc) is 2.84. The van der Waals surface area contributed by atoms with Crippen LogP contribution in [0.5, 0.6) is 0 Å². The Morgan fingerprint density at radius 3 is 2.31 bits per heavy atom. The topological polar surface area (TPSA) is 62.0 Å². The molecule has 0 saturated carbocycles. The minimum absolute atomic E-state index is 0.0516. The standard InChI is InChI=1S/C19H21Cl2FN2O2/c1-8-17(12(5)25)10(3)24-18(8)19(26)11(4)23-9(2)13-6-16(22)15(21)7-14(13)20/h6-7,9,11,23-24H,1-5H3/t9-,11+/m1/s1. The number of halogens is 3. The van der Waals surface area contributed by atoms with Crippen molar-refractivity contribution in [2.24, 2.45) is 0 Å². The van der Waals surface area contributed by atoms with E-state index in [2.05, 4.69) is 10.3 Å². The Morgan fingerprint density at radius 2 is 1.77 bits per heavy atom. The number of Topliss-reactive ketones (excluding diaryl/α,β-unsaturated/α-hetero) is 2. The monoisotopic (exact) mass is 398 g/mol. The molecule has 0 aliphatic carbocycles. The molecule has 0 aliphatic heterocycles.